The Hall–Kier alpha value is -0.760. The molecular formula is C12H19NO. The zero-order valence-electron chi connectivity index (χ0n) is 9.21. The molecule has 0 bridgehead atoms. The van der Waals surface area contributed by atoms with E-state index in [0.29, 0.717) is 24.3 Å². The van der Waals surface area contributed by atoms with Crippen LogP contribution in [0.15, 0.2) is 10.5 Å². The van der Waals surface area contributed by atoms with Crippen molar-refractivity contribution in [1.29, 1.82) is 0 Å². The fraction of sp³-hybridized carbons (Fsp3) is 0.667. The molecule has 0 aromatic carbocycles. The van der Waals surface area contributed by atoms with E-state index in [9.17, 15) is 0 Å². The van der Waals surface area contributed by atoms with Gasteiger partial charge in [-0.15, -0.1) is 0 Å². The van der Waals surface area contributed by atoms with Crippen molar-refractivity contribution < 1.29 is 4.42 Å². The summed E-state index contributed by atoms with van der Waals surface area (Å²) in [5.41, 5.74) is 7.15. The molecule has 1 aliphatic rings. The molecular weight excluding hydrogens is 174 g/mol. The van der Waals surface area contributed by atoms with Crippen molar-refractivity contribution in [3.8, 4) is 0 Å². The second-order valence-corrected chi connectivity index (χ2v) is 4.72. The van der Waals surface area contributed by atoms with Crippen LogP contribution in [0.25, 0.3) is 0 Å². The van der Waals surface area contributed by atoms with Crippen LogP contribution in [0.2, 0.25) is 0 Å². The highest BCUT2D eigenvalue weighted by Gasteiger charge is 2.32. The Kier molecular flexibility index (Phi) is 2.40. The smallest absolute Gasteiger partial charge is 0.112 e. The normalized spacial score (nSPS) is 25.8. The summed E-state index contributed by atoms with van der Waals surface area (Å²) >= 11 is 0. The maximum atomic E-state index is 5.88. The summed E-state index contributed by atoms with van der Waals surface area (Å²) < 4.78 is 5.88. The van der Waals surface area contributed by atoms with Gasteiger partial charge in [-0.05, 0) is 24.0 Å². The van der Waals surface area contributed by atoms with E-state index < -0.39 is 0 Å². The molecule has 2 unspecified atom stereocenters. The lowest BCUT2D eigenvalue weighted by atomic mass is 9.97. The summed E-state index contributed by atoms with van der Waals surface area (Å²) in [6.45, 7) is 7.28. The van der Waals surface area contributed by atoms with E-state index >= 15 is 0 Å². The second kappa shape index (κ2) is 3.43. The second-order valence-electron chi connectivity index (χ2n) is 4.72. The molecule has 2 nitrogen and oxygen atoms in total. The molecule has 0 amide bonds. The Bertz CT molecular complexity index is 327. The third-order valence-electron chi connectivity index (χ3n) is 3.25. The third kappa shape index (κ3) is 1.38. The maximum Gasteiger partial charge on any atom is 0.112 e. The van der Waals surface area contributed by atoms with Gasteiger partial charge in [-0.3, -0.25) is 0 Å². The Morgan fingerprint density at radius 3 is 2.86 bits per heavy atom. The lowest BCUT2D eigenvalue weighted by Crippen LogP contribution is -2.15. The average Bonchev–Trinajstić information content (AvgIpc) is 2.60. The summed E-state index contributed by atoms with van der Waals surface area (Å²) in [5.74, 6) is 3.84. The van der Waals surface area contributed by atoms with Crippen LogP contribution >= 0.6 is 0 Å². The molecule has 2 rings (SSSR count). The van der Waals surface area contributed by atoms with Crippen LogP contribution in [-0.2, 0) is 6.42 Å². The molecule has 2 atom stereocenters. The van der Waals surface area contributed by atoms with Crippen molar-refractivity contribution in [2.24, 2.45) is 11.7 Å². The van der Waals surface area contributed by atoms with Gasteiger partial charge in [0.25, 0.3) is 0 Å². The molecule has 2 N–H and O–H groups in total. The van der Waals surface area contributed by atoms with E-state index in [0.717, 1.165) is 17.9 Å². The summed E-state index contributed by atoms with van der Waals surface area (Å²) in [5, 5.41) is 0. The largest absolute Gasteiger partial charge is 0.465 e. The predicted octanol–water partition coefficient (Wildman–Crippen LogP) is 2.64. The van der Waals surface area contributed by atoms with Gasteiger partial charge in [0.1, 0.15) is 11.5 Å². The Morgan fingerprint density at radius 1 is 1.57 bits per heavy atom. The van der Waals surface area contributed by atoms with Crippen LogP contribution in [0.4, 0.5) is 0 Å². The van der Waals surface area contributed by atoms with Crippen molar-refractivity contribution in [2.45, 2.75) is 39.0 Å². The molecule has 0 fully saturated rings. The zero-order valence-corrected chi connectivity index (χ0v) is 9.21. The van der Waals surface area contributed by atoms with Crippen LogP contribution < -0.4 is 5.73 Å². The molecule has 2 heteroatoms. The first-order valence-corrected chi connectivity index (χ1v) is 5.46. The van der Waals surface area contributed by atoms with Crippen molar-refractivity contribution >= 4 is 0 Å². The van der Waals surface area contributed by atoms with Gasteiger partial charge in [0, 0.05) is 18.4 Å². The Labute approximate surface area is 85.5 Å². The predicted molar refractivity (Wildman–Crippen MR) is 57.5 cm³/mol. The first kappa shape index (κ1) is 9.78. The highest BCUT2D eigenvalue weighted by atomic mass is 16.3. The van der Waals surface area contributed by atoms with Crippen molar-refractivity contribution in [3.63, 3.8) is 0 Å². The highest BCUT2D eigenvalue weighted by molar-refractivity contribution is 5.32. The van der Waals surface area contributed by atoms with Crippen LogP contribution in [0.5, 0.6) is 0 Å². The van der Waals surface area contributed by atoms with E-state index in [-0.39, 0.29) is 0 Å². The van der Waals surface area contributed by atoms with Gasteiger partial charge in [-0.2, -0.15) is 0 Å². The van der Waals surface area contributed by atoms with Crippen molar-refractivity contribution in [2.75, 3.05) is 6.54 Å². The van der Waals surface area contributed by atoms with Crippen molar-refractivity contribution in [3.05, 3.63) is 23.2 Å². The minimum atomic E-state index is 0.442. The molecule has 1 aromatic rings. The number of furan rings is 1. The first-order valence-electron chi connectivity index (χ1n) is 5.46. The quantitative estimate of drug-likeness (QED) is 0.784. The van der Waals surface area contributed by atoms with Gasteiger partial charge < -0.3 is 10.2 Å². The van der Waals surface area contributed by atoms with E-state index in [1.54, 1.807) is 0 Å². The molecule has 0 spiro atoms. The highest BCUT2D eigenvalue weighted by Crippen LogP contribution is 2.40. The summed E-state index contributed by atoms with van der Waals surface area (Å²) in [6, 6.07) is 2.21. The minimum Gasteiger partial charge on any atom is -0.465 e. The maximum absolute atomic E-state index is 5.88. The van der Waals surface area contributed by atoms with Gasteiger partial charge in [-0.25, -0.2) is 0 Å². The Balaban J connectivity index is 2.33. The molecule has 14 heavy (non-hydrogen) atoms. The fourth-order valence-electron chi connectivity index (χ4n) is 2.31. The van der Waals surface area contributed by atoms with Crippen LogP contribution in [0.1, 0.15) is 49.7 Å². The van der Waals surface area contributed by atoms with E-state index in [2.05, 4.69) is 26.8 Å². The summed E-state index contributed by atoms with van der Waals surface area (Å²) in [4.78, 5) is 0. The lowest BCUT2D eigenvalue weighted by Gasteiger charge is -2.12. The Morgan fingerprint density at radius 2 is 2.29 bits per heavy atom. The standard InChI is InChI=1S/C12H19NO/c1-7(2)11-5-9-4-8(3)10(6-13)12(9)14-11/h5,7-8,10H,4,6,13H2,1-3H3. The minimum absolute atomic E-state index is 0.442. The van der Waals surface area contributed by atoms with Gasteiger partial charge in [0.2, 0.25) is 0 Å². The van der Waals surface area contributed by atoms with Gasteiger partial charge >= 0.3 is 0 Å². The number of fused-ring (bicyclic) bond motifs is 1. The topological polar surface area (TPSA) is 39.2 Å². The molecule has 0 saturated carbocycles. The van der Waals surface area contributed by atoms with Crippen LogP contribution in [0, 0.1) is 5.92 Å². The molecule has 78 valence electrons. The van der Waals surface area contributed by atoms with E-state index in [1.165, 1.54) is 5.56 Å². The molecule has 1 heterocycles. The van der Waals surface area contributed by atoms with Gasteiger partial charge in [0.05, 0.1) is 0 Å². The molecule has 0 aliphatic heterocycles. The number of rotatable bonds is 2. The fourth-order valence-corrected chi connectivity index (χ4v) is 2.31. The average molecular weight is 193 g/mol. The SMILES string of the molecule is CC(C)c1cc2c(o1)C(CN)C(C)C2. The first-order chi connectivity index (χ1) is 6.63. The van der Waals surface area contributed by atoms with E-state index in [4.69, 9.17) is 10.2 Å². The van der Waals surface area contributed by atoms with E-state index in [1.807, 2.05) is 0 Å². The molecule has 1 aliphatic carbocycles. The van der Waals surface area contributed by atoms with Crippen LogP contribution in [0.3, 0.4) is 0 Å². The van der Waals surface area contributed by atoms with Gasteiger partial charge in [-0.1, -0.05) is 20.8 Å². The molecule has 1 aromatic heterocycles. The monoisotopic (exact) mass is 193 g/mol. The molecule has 0 radical (unpaired) electrons. The zero-order chi connectivity index (χ0) is 10.3. The number of hydrogen-bond acceptors (Lipinski definition) is 2. The molecule has 0 saturated heterocycles. The number of nitrogens with two attached hydrogens (primary N) is 1. The van der Waals surface area contributed by atoms with Crippen LogP contribution in [-0.4, -0.2) is 6.54 Å². The summed E-state index contributed by atoms with van der Waals surface area (Å²) in [6.07, 6.45) is 1.13. The van der Waals surface area contributed by atoms with Crippen molar-refractivity contribution in [1.82, 2.24) is 0 Å². The number of hydrogen-bond donors (Lipinski definition) is 1. The lowest BCUT2D eigenvalue weighted by molar-refractivity contribution is 0.387. The third-order valence-corrected chi connectivity index (χ3v) is 3.25. The van der Waals surface area contributed by atoms with Gasteiger partial charge in [0.15, 0.2) is 0 Å². The summed E-state index contributed by atoms with van der Waals surface area (Å²) in [7, 11) is 0.